The molecule has 8 N–H and O–H groups in total. The lowest BCUT2D eigenvalue weighted by Crippen LogP contribution is -2.32. The van der Waals surface area contributed by atoms with Gasteiger partial charge in [0.2, 0.25) is 23.8 Å². The van der Waals surface area contributed by atoms with E-state index in [1.54, 1.807) is 46.2 Å². The number of benzene rings is 4. The summed E-state index contributed by atoms with van der Waals surface area (Å²) in [5.74, 6) is 1.24. The summed E-state index contributed by atoms with van der Waals surface area (Å²) in [5.41, 5.74) is 3.21. The SMILES string of the molecule is O=S(=O)(O)c1ccc(Cc2nc(Nc3ccc(/C=C/c4ccc(Nc5nc(Cc6ccccc6)nc(N(CCO)CCO)n5)cc4S(=O)(=O)O)cc3)nc(N(CCO)CCO)n2)cc1. The Labute approximate surface area is 369 Å². The predicted molar refractivity (Wildman–Crippen MR) is 239 cm³/mol. The van der Waals surface area contributed by atoms with Crippen LogP contribution in [-0.2, 0) is 33.1 Å². The molecule has 2 aromatic heterocycles. The Kier molecular flexibility index (Phi) is 16.0. The third-order valence-corrected chi connectivity index (χ3v) is 11.1. The smallest absolute Gasteiger partial charge is 0.295 e. The van der Waals surface area contributed by atoms with Crippen molar-refractivity contribution in [2.45, 2.75) is 22.6 Å². The van der Waals surface area contributed by atoms with Gasteiger partial charge in [-0.15, -0.1) is 0 Å². The van der Waals surface area contributed by atoms with E-state index in [2.05, 4.69) is 40.5 Å². The fourth-order valence-corrected chi connectivity index (χ4v) is 7.50. The van der Waals surface area contributed by atoms with Gasteiger partial charge < -0.3 is 40.9 Å². The number of aliphatic hydroxyl groups excluding tert-OH is 4. The lowest BCUT2D eigenvalue weighted by atomic mass is 10.1. The van der Waals surface area contributed by atoms with E-state index in [-0.39, 0.29) is 110 Å². The maximum Gasteiger partial charge on any atom is 0.295 e. The van der Waals surface area contributed by atoms with E-state index in [1.165, 1.54) is 42.5 Å². The third-order valence-electron chi connectivity index (χ3n) is 9.34. The zero-order chi connectivity index (χ0) is 45.7. The molecule has 0 bridgehead atoms. The van der Waals surface area contributed by atoms with Gasteiger partial charge in [-0.3, -0.25) is 9.11 Å². The Morgan fingerprint density at radius 2 is 1.00 bits per heavy atom. The van der Waals surface area contributed by atoms with Crippen molar-refractivity contribution >= 4 is 67.6 Å². The quantitative estimate of drug-likeness (QED) is 0.0359. The molecule has 0 aliphatic carbocycles. The summed E-state index contributed by atoms with van der Waals surface area (Å²) >= 11 is 0. The molecule has 64 heavy (non-hydrogen) atoms. The van der Waals surface area contributed by atoms with Crippen molar-refractivity contribution in [1.82, 2.24) is 29.9 Å². The van der Waals surface area contributed by atoms with Crippen LogP contribution < -0.4 is 20.4 Å². The summed E-state index contributed by atoms with van der Waals surface area (Å²) in [5, 5.41) is 44.7. The zero-order valence-corrected chi connectivity index (χ0v) is 35.8. The highest BCUT2D eigenvalue weighted by Gasteiger charge is 2.19. The molecular weight excluding hydrogens is 869 g/mol. The van der Waals surface area contributed by atoms with Crippen LogP contribution in [0.25, 0.3) is 12.2 Å². The maximum absolute atomic E-state index is 12.7. The van der Waals surface area contributed by atoms with Crippen LogP contribution in [0.3, 0.4) is 0 Å². The van der Waals surface area contributed by atoms with Gasteiger partial charge in [-0.2, -0.15) is 46.7 Å². The van der Waals surface area contributed by atoms with Crippen molar-refractivity contribution in [2.75, 3.05) is 73.0 Å². The second-order valence-electron chi connectivity index (χ2n) is 14.0. The standard InChI is InChI=1S/C42H46N10O10S2/c53-22-18-51(19-23-54)41-48-38(27-31-9-16-35(17-10-31)63(57,58)59)45-39(49-41)43-33-13-7-29(8-14-33)6-11-32-12-15-34(28-36(32)64(60,61)62)44-40-46-37(26-30-4-2-1-3-5-30)47-42(50-40)52(20-24-55)21-25-56/h1-17,28,53-56H,18-27H2,(H,57,58,59)(H,60,61,62)(H,43,45,48,49)(H,44,46,47,50)/b11-6+. The van der Waals surface area contributed by atoms with Crippen LogP contribution in [0.5, 0.6) is 0 Å². The molecule has 0 amide bonds. The van der Waals surface area contributed by atoms with Gasteiger partial charge in [-0.05, 0) is 58.7 Å². The second-order valence-corrected chi connectivity index (χ2v) is 16.8. The minimum atomic E-state index is -4.73. The molecule has 0 saturated heterocycles. The molecule has 6 aromatic rings. The molecule has 0 fully saturated rings. The minimum absolute atomic E-state index is 0.0698. The Morgan fingerprint density at radius 1 is 0.516 bits per heavy atom. The highest BCUT2D eigenvalue weighted by Crippen LogP contribution is 2.26. The zero-order valence-electron chi connectivity index (χ0n) is 34.2. The largest absolute Gasteiger partial charge is 0.395 e. The first-order valence-electron chi connectivity index (χ1n) is 19.7. The van der Waals surface area contributed by atoms with Crippen molar-refractivity contribution < 1.29 is 46.4 Å². The monoisotopic (exact) mass is 914 g/mol. The van der Waals surface area contributed by atoms with Crippen molar-refractivity contribution in [1.29, 1.82) is 0 Å². The van der Waals surface area contributed by atoms with E-state index >= 15 is 0 Å². The average molecular weight is 915 g/mol. The van der Waals surface area contributed by atoms with Crippen LogP contribution in [0.4, 0.5) is 35.2 Å². The Bertz CT molecular complexity index is 2740. The summed E-state index contributed by atoms with van der Waals surface area (Å²) in [6, 6.07) is 26.3. The molecule has 22 heteroatoms. The first kappa shape index (κ1) is 47.0. The van der Waals surface area contributed by atoms with Gasteiger partial charge in [0.1, 0.15) is 16.5 Å². The van der Waals surface area contributed by atoms with Crippen LogP contribution in [0.15, 0.2) is 107 Å². The number of aliphatic hydroxyl groups is 4. The normalized spacial score (nSPS) is 11.8. The molecule has 0 spiro atoms. The van der Waals surface area contributed by atoms with E-state index in [1.807, 2.05) is 30.3 Å². The fraction of sp³-hybridized carbons (Fsp3) is 0.238. The number of anilines is 6. The third kappa shape index (κ3) is 13.3. The fourth-order valence-electron chi connectivity index (χ4n) is 6.31. The molecule has 2 heterocycles. The molecule has 0 saturated carbocycles. The van der Waals surface area contributed by atoms with Crippen molar-refractivity contribution in [3.05, 3.63) is 131 Å². The summed E-state index contributed by atoms with van der Waals surface area (Å²) in [4.78, 5) is 29.6. The van der Waals surface area contributed by atoms with E-state index in [0.717, 1.165) is 5.56 Å². The van der Waals surface area contributed by atoms with Gasteiger partial charge in [0.25, 0.3) is 20.2 Å². The highest BCUT2D eigenvalue weighted by atomic mass is 32.2. The van der Waals surface area contributed by atoms with Crippen LogP contribution in [0, 0.1) is 0 Å². The van der Waals surface area contributed by atoms with Gasteiger partial charge >= 0.3 is 0 Å². The molecule has 336 valence electrons. The number of rotatable bonds is 22. The first-order chi connectivity index (χ1) is 30.7. The molecule has 4 aromatic carbocycles. The molecule has 0 aliphatic rings. The maximum atomic E-state index is 12.7. The molecule has 0 atom stereocenters. The van der Waals surface area contributed by atoms with E-state index in [9.17, 15) is 46.4 Å². The predicted octanol–water partition coefficient (Wildman–Crippen LogP) is 2.97. The van der Waals surface area contributed by atoms with Gasteiger partial charge in [-0.25, -0.2) is 0 Å². The van der Waals surface area contributed by atoms with Crippen LogP contribution in [0.2, 0.25) is 0 Å². The molecular formula is C42H46N10O10S2. The average Bonchev–Trinajstić information content (AvgIpc) is 3.26. The van der Waals surface area contributed by atoms with Gasteiger partial charge in [-0.1, -0.05) is 72.8 Å². The molecule has 0 unspecified atom stereocenters. The molecule has 6 rings (SSSR count). The van der Waals surface area contributed by atoms with Gasteiger partial charge in [0.05, 0.1) is 31.3 Å². The number of aromatic nitrogens is 6. The van der Waals surface area contributed by atoms with Crippen LogP contribution in [0.1, 0.15) is 33.9 Å². The van der Waals surface area contributed by atoms with Crippen molar-refractivity contribution in [3.8, 4) is 0 Å². The lowest BCUT2D eigenvalue weighted by molar-refractivity contribution is 0.279. The minimum Gasteiger partial charge on any atom is -0.395 e. The second kappa shape index (κ2) is 21.7. The van der Waals surface area contributed by atoms with Crippen molar-refractivity contribution in [2.24, 2.45) is 0 Å². The highest BCUT2D eigenvalue weighted by molar-refractivity contribution is 7.86. The number of nitrogens with zero attached hydrogens (tertiary/aromatic N) is 8. The molecule has 0 aliphatic heterocycles. The van der Waals surface area contributed by atoms with E-state index in [0.29, 0.717) is 29.1 Å². The number of nitrogens with one attached hydrogen (secondary N) is 2. The van der Waals surface area contributed by atoms with E-state index < -0.39 is 20.2 Å². The summed E-state index contributed by atoms with van der Waals surface area (Å²) in [6.07, 6.45) is 3.67. The lowest BCUT2D eigenvalue weighted by Gasteiger charge is -2.21. The first-order valence-corrected chi connectivity index (χ1v) is 22.6. The topological polar surface area (TPSA) is 298 Å². The molecule has 0 radical (unpaired) electrons. The number of hydrogen-bond donors (Lipinski definition) is 8. The van der Waals surface area contributed by atoms with E-state index in [4.69, 9.17) is 0 Å². The summed E-state index contributed by atoms with van der Waals surface area (Å²) in [7, 11) is -9.11. The summed E-state index contributed by atoms with van der Waals surface area (Å²) < 4.78 is 68.0. The Balaban J connectivity index is 1.22. The van der Waals surface area contributed by atoms with Gasteiger partial charge in [0.15, 0.2) is 0 Å². The van der Waals surface area contributed by atoms with Crippen LogP contribution >= 0.6 is 0 Å². The Morgan fingerprint density at radius 3 is 1.48 bits per heavy atom. The number of hydrogen-bond acceptors (Lipinski definition) is 18. The Hall–Kier alpha value is -6.50. The summed E-state index contributed by atoms with van der Waals surface area (Å²) in [6.45, 7) is -0.384. The van der Waals surface area contributed by atoms with Crippen LogP contribution in [-0.4, -0.2) is 129 Å². The van der Waals surface area contributed by atoms with Crippen molar-refractivity contribution in [3.63, 3.8) is 0 Å². The molecule has 20 nitrogen and oxygen atoms in total. The van der Waals surface area contributed by atoms with Gasteiger partial charge in [0, 0.05) is 50.4 Å².